The third-order valence-corrected chi connectivity index (χ3v) is 11.0. The van der Waals surface area contributed by atoms with E-state index in [1.807, 2.05) is 48.2 Å². The van der Waals surface area contributed by atoms with Crippen LogP contribution >= 0.6 is 23.1 Å². The van der Waals surface area contributed by atoms with Gasteiger partial charge in [0.1, 0.15) is 6.54 Å². The van der Waals surface area contributed by atoms with Gasteiger partial charge in [0, 0.05) is 21.7 Å². The molecule has 2 aliphatic carbocycles. The molecule has 1 amide bonds. The van der Waals surface area contributed by atoms with E-state index in [1.165, 1.54) is 41.0 Å². The Morgan fingerprint density at radius 3 is 2.57 bits per heavy atom. The molecule has 1 N–H and O–H groups in total. The lowest BCUT2D eigenvalue weighted by atomic mass is 9.75. The zero-order chi connectivity index (χ0) is 23.5. The molecule has 0 radical (unpaired) electrons. The molecule has 6 heteroatoms. The van der Waals surface area contributed by atoms with Gasteiger partial charge in [-0.15, -0.1) is 11.8 Å². The maximum absolute atomic E-state index is 13.2. The summed E-state index contributed by atoms with van der Waals surface area (Å²) in [7, 11) is 0. The summed E-state index contributed by atoms with van der Waals surface area (Å²) in [6.07, 6.45) is 3.93. The molecule has 176 valence electrons. The monoisotopic (exact) mass is 498 g/mol. The van der Waals surface area contributed by atoms with Crippen molar-refractivity contribution in [2.24, 2.45) is 17.8 Å². The summed E-state index contributed by atoms with van der Waals surface area (Å²) < 4.78 is 1.74. The molecule has 4 aromatic rings. The number of carbonyl (C=O) groups excluding carboxylic acids is 1. The number of fused-ring (bicyclic) bond motifs is 7. The number of nitrogens with zero attached hydrogens (tertiary/aromatic N) is 1. The van der Waals surface area contributed by atoms with Crippen LogP contribution in [0.1, 0.15) is 35.6 Å². The van der Waals surface area contributed by atoms with Crippen molar-refractivity contribution >= 4 is 45.5 Å². The molecular formula is C29H26N2O2S2. The van der Waals surface area contributed by atoms with Gasteiger partial charge in [0.25, 0.3) is 0 Å². The predicted molar refractivity (Wildman–Crippen MR) is 143 cm³/mol. The van der Waals surface area contributed by atoms with Crippen molar-refractivity contribution in [2.75, 3.05) is 5.32 Å². The minimum atomic E-state index is -0.157. The summed E-state index contributed by atoms with van der Waals surface area (Å²) in [6.45, 7) is 0.0531. The zero-order valence-electron chi connectivity index (χ0n) is 19.2. The number of anilines is 1. The van der Waals surface area contributed by atoms with Crippen LogP contribution in [-0.4, -0.2) is 15.7 Å². The maximum atomic E-state index is 13.2. The maximum Gasteiger partial charge on any atom is 0.308 e. The molecule has 3 aliphatic rings. The van der Waals surface area contributed by atoms with Gasteiger partial charge in [0.05, 0.1) is 5.03 Å². The van der Waals surface area contributed by atoms with Gasteiger partial charge in [-0.25, -0.2) is 0 Å². The van der Waals surface area contributed by atoms with Gasteiger partial charge in [-0.1, -0.05) is 72.0 Å². The van der Waals surface area contributed by atoms with Gasteiger partial charge < -0.3 is 5.32 Å². The number of benzene rings is 3. The van der Waals surface area contributed by atoms with E-state index in [0.717, 1.165) is 33.3 Å². The first-order chi connectivity index (χ1) is 17.2. The molecule has 0 spiro atoms. The van der Waals surface area contributed by atoms with Gasteiger partial charge in [0.15, 0.2) is 0 Å². The molecule has 2 heterocycles. The summed E-state index contributed by atoms with van der Waals surface area (Å²) in [5, 5.41) is 6.80. The highest BCUT2D eigenvalue weighted by molar-refractivity contribution is 8.00. The van der Waals surface area contributed by atoms with Crippen LogP contribution in [-0.2, 0) is 11.3 Å². The van der Waals surface area contributed by atoms with Crippen LogP contribution in [0.15, 0.2) is 82.6 Å². The van der Waals surface area contributed by atoms with Crippen LogP contribution in [0.2, 0.25) is 0 Å². The highest BCUT2D eigenvalue weighted by Crippen LogP contribution is 2.63. The quantitative estimate of drug-likeness (QED) is 0.356. The van der Waals surface area contributed by atoms with Crippen LogP contribution in [0.25, 0.3) is 10.8 Å². The Hall–Kier alpha value is -2.83. The van der Waals surface area contributed by atoms with E-state index >= 15 is 0 Å². The number of nitrogens with one attached hydrogen (secondary N) is 1. The zero-order valence-corrected chi connectivity index (χ0v) is 20.9. The Kier molecular flexibility index (Phi) is 5.14. The summed E-state index contributed by atoms with van der Waals surface area (Å²) in [6, 6.07) is 24.7. The van der Waals surface area contributed by atoms with Crippen LogP contribution in [0.3, 0.4) is 0 Å². The van der Waals surface area contributed by atoms with Crippen LogP contribution in [0.4, 0.5) is 5.69 Å². The molecule has 5 atom stereocenters. The Balaban J connectivity index is 1.22. The number of rotatable bonds is 4. The number of thioether (sulfide) groups is 1. The van der Waals surface area contributed by atoms with Crippen molar-refractivity contribution in [3.05, 3.63) is 92.9 Å². The highest BCUT2D eigenvalue weighted by atomic mass is 32.2. The fourth-order valence-corrected chi connectivity index (χ4v) is 9.88. The fraction of sp³-hybridized carbons (Fsp3) is 0.310. The Bertz CT molecular complexity index is 1490. The molecule has 4 unspecified atom stereocenters. The SMILES string of the molecule is O=C(Cn1c2c(sc1=O)[C@@H](c1ccccc1)C1C3CCC(C3)C1S2)Nc1ccc2ccccc2c1. The van der Waals surface area contributed by atoms with Crippen molar-refractivity contribution in [1.29, 1.82) is 0 Å². The Morgan fingerprint density at radius 1 is 0.943 bits per heavy atom. The minimum Gasteiger partial charge on any atom is -0.325 e. The number of hydrogen-bond acceptors (Lipinski definition) is 4. The van der Waals surface area contributed by atoms with E-state index in [1.54, 1.807) is 4.57 Å². The van der Waals surface area contributed by atoms with Crippen molar-refractivity contribution < 1.29 is 4.79 Å². The smallest absolute Gasteiger partial charge is 0.308 e. The van der Waals surface area contributed by atoms with Gasteiger partial charge in [-0.2, -0.15) is 0 Å². The average molecular weight is 499 g/mol. The molecular weight excluding hydrogens is 472 g/mol. The molecule has 2 bridgehead atoms. The number of thiazole rings is 1. The number of carbonyl (C=O) groups is 1. The van der Waals surface area contributed by atoms with E-state index in [9.17, 15) is 9.59 Å². The van der Waals surface area contributed by atoms with Crippen LogP contribution in [0, 0.1) is 17.8 Å². The van der Waals surface area contributed by atoms with E-state index in [-0.39, 0.29) is 23.2 Å². The molecule has 2 saturated carbocycles. The Morgan fingerprint density at radius 2 is 1.71 bits per heavy atom. The summed E-state index contributed by atoms with van der Waals surface area (Å²) in [5.41, 5.74) is 2.07. The second-order valence-electron chi connectivity index (χ2n) is 10.1. The van der Waals surface area contributed by atoms with E-state index in [2.05, 4.69) is 41.7 Å². The normalized spacial score (nSPS) is 26.5. The first-order valence-electron chi connectivity index (χ1n) is 12.4. The van der Waals surface area contributed by atoms with E-state index in [4.69, 9.17) is 0 Å². The van der Waals surface area contributed by atoms with Gasteiger partial charge in [-0.05, 0) is 65.5 Å². The number of amides is 1. The van der Waals surface area contributed by atoms with E-state index in [0.29, 0.717) is 11.2 Å². The topological polar surface area (TPSA) is 51.1 Å². The molecule has 2 fully saturated rings. The van der Waals surface area contributed by atoms with Crippen molar-refractivity contribution in [2.45, 2.75) is 42.0 Å². The number of hydrogen-bond donors (Lipinski definition) is 1. The molecule has 3 aromatic carbocycles. The van der Waals surface area contributed by atoms with Crippen LogP contribution < -0.4 is 10.2 Å². The summed E-state index contributed by atoms with van der Waals surface area (Å²) in [4.78, 5) is 27.5. The van der Waals surface area contributed by atoms with Crippen molar-refractivity contribution in [1.82, 2.24) is 4.57 Å². The lowest BCUT2D eigenvalue weighted by molar-refractivity contribution is -0.116. The van der Waals surface area contributed by atoms with Gasteiger partial charge in [-0.3, -0.25) is 14.2 Å². The molecule has 1 aliphatic heterocycles. The molecule has 4 nitrogen and oxygen atoms in total. The minimum absolute atomic E-state index is 0.0237. The molecule has 7 rings (SSSR count). The Labute approximate surface area is 212 Å². The van der Waals surface area contributed by atoms with Crippen molar-refractivity contribution in [3.63, 3.8) is 0 Å². The largest absolute Gasteiger partial charge is 0.325 e. The predicted octanol–water partition coefficient (Wildman–Crippen LogP) is 6.35. The van der Waals surface area contributed by atoms with Crippen molar-refractivity contribution in [3.8, 4) is 0 Å². The first-order valence-corrected chi connectivity index (χ1v) is 14.1. The van der Waals surface area contributed by atoms with Gasteiger partial charge >= 0.3 is 4.87 Å². The third-order valence-electron chi connectivity index (χ3n) is 8.18. The second kappa shape index (κ2) is 8.38. The third kappa shape index (κ3) is 3.57. The standard InChI is InChI=1S/C29H26N2O2S2/c32-23(30-22-13-12-17-6-4-5-9-19(17)15-22)16-31-28-27(35-29(31)33)24(18-7-2-1-3-8-18)25-20-10-11-21(14-20)26(25)34-28/h1-9,12-13,15,20-21,24-26H,10-11,14,16H2,(H,30,32)/t20?,21?,24-,25?,26?/m0/s1. The molecule has 1 aromatic heterocycles. The first kappa shape index (κ1) is 21.5. The molecule has 35 heavy (non-hydrogen) atoms. The summed E-state index contributed by atoms with van der Waals surface area (Å²) in [5.74, 6) is 2.17. The van der Waals surface area contributed by atoms with Crippen LogP contribution in [0.5, 0.6) is 0 Å². The highest BCUT2D eigenvalue weighted by Gasteiger charge is 2.55. The fourth-order valence-electron chi connectivity index (χ4n) is 6.73. The lowest BCUT2D eigenvalue weighted by Crippen LogP contribution is -2.34. The lowest BCUT2D eigenvalue weighted by Gasteiger charge is -2.40. The second-order valence-corrected chi connectivity index (χ2v) is 12.3. The molecule has 0 saturated heterocycles. The summed E-state index contributed by atoms with van der Waals surface area (Å²) >= 11 is 3.23. The van der Waals surface area contributed by atoms with Gasteiger partial charge in [0.2, 0.25) is 5.91 Å². The average Bonchev–Trinajstić information content (AvgIpc) is 3.57. The van der Waals surface area contributed by atoms with E-state index < -0.39 is 0 Å². The number of aromatic nitrogens is 1.